The van der Waals surface area contributed by atoms with E-state index in [1.165, 1.54) is 0 Å². The van der Waals surface area contributed by atoms with E-state index >= 15 is 0 Å². The lowest BCUT2D eigenvalue weighted by atomic mass is 9.81. The number of ether oxygens (including phenoxy) is 1. The first-order valence-corrected chi connectivity index (χ1v) is 13.5. The molecule has 0 aliphatic carbocycles. The highest BCUT2D eigenvalue weighted by atomic mass is 32.2. The lowest BCUT2D eigenvalue weighted by Crippen LogP contribution is -2.44. The Labute approximate surface area is 208 Å². The fourth-order valence-corrected chi connectivity index (χ4v) is 6.35. The number of pyridine rings is 1. The molecule has 34 heavy (non-hydrogen) atoms. The van der Waals surface area contributed by atoms with E-state index in [-0.39, 0.29) is 5.92 Å². The van der Waals surface area contributed by atoms with Gasteiger partial charge in [0.1, 0.15) is 10.1 Å². The normalized spacial score (nSPS) is 19.8. The second-order valence-corrected chi connectivity index (χ2v) is 10.9. The van der Waals surface area contributed by atoms with Crippen molar-refractivity contribution in [1.29, 1.82) is 0 Å². The van der Waals surface area contributed by atoms with Crippen LogP contribution in [0.1, 0.15) is 37.4 Å². The van der Waals surface area contributed by atoms with Crippen molar-refractivity contribution in [1.82, 2.24) is 14.9 Å². The van der Waals surface area contributed by atoms with Crippen molar-refractivity contribution in [3.8, 4) is 5.75 Å². The summed E-state index contributed by atoms with van der Waals surface area (Å²) in [6, 6.07) is 7.48. The van der Waals surface area contributed by atoms with Crippen LogP contribution in [0.5, 0.6) is 5.75 Å². The number of hydrogen-bond donors (Lipinski definition) is 2. The maximum absolute atomic E-state index is 12.0. The molecule has 1 aromatic carbocycles. The van der Waals surface area contributed by atoms with Gasteiger partial charge < -0.3 is 19.8 Å². The largest absolute Gasteiger partial charge is 0.497 e. The van der Waals surface area contributed by atoms with E-state index in [9.17, 15) is 15.0 Å². The smallest absolute Gasteiger partial charge is 0.308 e. The SMILES string of the molecule is COc1ccc2nccc([C@H](O)CC[C@@H]3CCN(CCCSc4nccs4)C[C@@H]3C(=O)O)c2c1. The Kier molecular flexibility index (Phi) is 8.77. The Bertz CT molecular complexity index is 1080. The van der Waals surface area contributed by atoms with Crippen molar-refractivity contribution < 1.29 is 19.7 Å². The van der Waals surface area contributed by atoms with Crippen LogP contribution in [0.15, 0.2) is 46.4 Å². The topological polar surface area (TPSA) is 95.8 Å². The van der Waals surface area contributed by atoms with Gasteiger partial charge in [-0.05, 0) is 74.5 Å². The number of thioether (sulfide) groups is 1. The summed E-state index contributed by atoms with van der Waals surface area (Å²) in [6.45, 7) is 2.39. The number of piperidine rings is 1. The quantitative estimate of drug-likeness (QED) is 0.288. The lowest BCUT2D eigenvalue weighted by Gasteiger charge is -2.37. The molecule has 9 heteroatoms. The summed E-state index contributed by atoms with van der Waals surface area (Å²) < 4.78 is 6.42. The van der Waals surface area contributed by atoms with E-state index in [1.54, 1.807) is 36.4 Å². The molecule has 2 N–H and O–H groups in total. The monoisotopic (exact) mass is 501 g/mol. The van der Waals surface area contributed by atoms with Gasteiger partial charge >= 0.3 is 5.97 Å². The van der Waals surface area contributed by atoms with Gasteiger partial charge in [0, 0.05) is 35.5 Å². The second-order valence-electron chi connectivity index (χ2n) is 8.67. The minimum Gasteiger partial charge on any atom is -0.497 e. The molecule has 7 nitrogen and oxygen atoms in total. The Balaban J connectivity index is 1.31. The number of rotatable bonds is 11. The van der Waals surface area contributed by atoms with Crippen LogP contribution in [0.2, 0.25) is 0 Å². The number of methoxy groups -OCH3 is 1. The zero-order valence-electron chi connectivity index (χ0n) is 19.3. The number of carboxylic acid groups (broad SMARTS) is 1. The molecule has 0 spiro atoms. The van der Waals surface area contributed by atoms with E-state index < -0.39 is 18.0 Å². The maximum atomic E-state index is 12.0. The fourth-order valence-electron chi connectivity index (χ4n) is 4.72. The second kappa shape index (κ2) is 12.0. The summed E-state index contributed by atoms with van der Waals surface area (Å²) in [7, 11) is 1.62. The molecule has 4 rings (SSSR count). The van der Waals surface area contributed by atoms with Crippen LogP contribution in [0.25, 0.3) is 10.9 Å². The van der Waals surface area contributed by atoms with Crippen LogP contribution in [0.3, 0.4) is 0 Å². The molecule has 1 aliphatic rings. The van der Waals surface area contributed by atoms with Crippen molar-refractivity contribution in [2.75, 3.05) is 32.5 Å². The highest BCUT2D eigenvalue weighted by Crippen LogP contribution is 2.34. The maximum Gasteiger partial charge on any atom is 0.308 e. The minimum absolute atomic E-state index is 0.0655. The van der Waals surface area contributed by atoms with Crippen molar-refractivity contribution in [2.45, 2.75) is 36.1 Å². The molecule has 3 aromatic rings. The Morgan fingerprint density at radius 1 is 1.32 bits per heavy atom. The van der Waals surface area contributed by atoms with Gasteiger partial charge in [0.25, 0.3) is 0 Å². The first-order valence-electron chi connectivity index (χ1n) is 11.6. The van der Waals surface area contributed by atoms with Gasteiger partial charge in [-0.2, -0.15) is 0 Å². The molecule has 182 valence electrons. The summed E-state index contributed by atoms with van der Waals surface area (Å²) in [5, 5.41) is 23.7. The molecule has 0 radical (unpaired) electrons. The number of carboxylic acids is 1. The number of hydrogen-bond acceptors (Lipinski definition) is 8. The highest BCUT2D eigenvalue weighted by Gasteiger charge is 2.34. The lowest BCUT2D eigenvalue weighted by molar-refractivity contribution is -0.146. The van der Waals surface area contributed by atoms with Crippen LogP contribution in [0, 0.1) is 11.8 Å². The number of nitrogens with zero attached hydrogens (tertiary/aromatic N) is 3. The molecule has 3 atom stereocenters. The van der Waals surface area contributed by atoms with Crippen molar-refractivity contribution in [2.24, 2.45) is 11.8 Å². The molecule has 0 amide bonds. The molecule has 1 fully saturated rings. The van der Waals surface area contributed by atoms with Crippen LogP contribution >= 0.6 is 23.1 Å². The zero-order valence-corrected chi connectivity index (χ0v) is 20.9. The molecule has 0 unspecified atom stereocenters. The third-order valence-electron chi connectivity index (χ3n) is 6.56. The predicted molar refractivity (Wildman–Crippen MR) is 136 cm³/mol. The van der Waals surface area contributed by atoms with Gasteiger partial charge in [-0.1, -0.05) is 11.8 Å². The fraction of sp³-hybridized carbons (Fsp3) is 0.480. The van der Waals surface area contributed by atoms with E-state index in [4.69, 9.17) is 4.74 Å². The van der Waals surface area contributed by atoms with Crippen molar-refractivity contribution in [3.63, 3.8) is 0 Å². The average molecular weight is 502 g/mol. The van der Waals surface area contributed by atoms with Crippen molar-refractivity contribution in [3.05, 3.63) is 47.6 Å². The highest BCUT2D eigenvalue weighted by molar-refractivity contribution is 8.00. The molecule has 3 heterocycles. The summed E-state index contributed by atoms with van der Waals surface area (Å²) in [5.41, 5.74) is 1.62. The standard InChI is InChI=1S/C25H31N3O4S2/c1-32-18-4-5-22-20(15-18)19(7-9-26-22)23(29)6-3-17-8-12-28(16-21(17)24(30)31)11-2-13-33-25-27-10-14-34-25/h4-5,7,9-10,14-15,17,21,23,29H,2-3,6,8,11-13,16H2,1H3,(H,30,31)/t17-,21+,23-/m1/s1. The van der Waals surface area contributed by atoms with Crippen molar-refractivity contribution >= 4 is 40.0 Å². The number of aliphatic carboxylic acids is 1. The van der Waals surface area contributed by atoms with Crippen LogP contribution in [0.4, 0.5) is 0 Å². The summed E-state index contributed by atoms with van der Waals surface area (Å²) >= 11 is 3.41. The predicted octanol–water partition coefficient (Wildman–Crippen LogP) is 4.72. The van der Waals surface area contributed by atoms with Crippen LogP contribution in [-0.4, -0.2) is 63.5 Å². The van der Waals surface area contributed by atoms with E-state index in [2.05, 4.69) is 14.9 Å². The van der Waals surface area contributed by atoms with Gasteiger partial charge in [0.2, 0.25) is 0 Å². The average Bonchev–Trinajstić information content (AvgIpc) is 3.38. The third kappa shape index (κ3) is 6.27. The van der Waals surface area contributed by atoms with Gasteiger partial charge in [0.15, 0.2) is 0 Å². The van der Waals surface area contributed by atoms with Gasteiger partial charge in [-0.3, -0.25) is 9.78 Å². The molecule has 1 aliphatic heterocycles. The summed E-state index contributed by atoms with van der Waals surface area (Å²) in [4.78, 5) is 23.0. The third-order valence-corrected chi connectivity index (χ3v) is 8.62. The van der Waals surface area contributed by atoms with Gasteiger partial charge in [-0.15, -0.1) is 11.3 Å². The molecule has 0 saturated carbocycles. The molecule has 2 aromatic heterocycles. The van der Waals surface area contributed by atoms with Gasteiger partial charge in [0.05, 0.1) is 24.6 Å². The first kappa shape index (κ1) is 24.9. The minimum atomic E-state index is -0.736. The molecule has 1 saturated heterocycles. The van der Waals surface area contributed by atoms with E-state index in [0.717, 1.165) is 58.2 Å². The van der Waals surface area contributed by atoms with E-state index in [0.29, 0.717) is 19.4 Å². The number of fused-ring (bicyclic) bond motifs is 1. The number of aliphatic hydroxyl groups is 1. The van der Waals surface area contributed by atoms with Crippen LogP contribution < -0.4 is 4.74 Å². The number of likely N-dealkylation sites (tertiary alicyclic amines) is 1. The number of benzene rings is 1. The number of aliphatic hydroxyl groups excluding tert-OH is 1. The Morgan fingerprint density at radius 3 is 2.97 bits per heavy atom. The molecule has 0 bridgehead atoms. The Morgan fingerprint density at radius 2 is 2.21 bits per heavy atom. The summed E-state index contributed by atoms with van der Waals surface area (Å²) in [6.07, 6.45) is 5.91. The van der Waals surface area contributed by atoms with E-state index in [1.807, 2.05) is 35.8 Å². The number of carbonyl (C=O) groups is 1. The summed E-state index contributed by atoms with van der Waals surface area (Å²) in [5.74, 6) is 0.637. The van der Waals surface area contributed by atoms with Gasteiger partial charge in [-0.25, -0.2) is 4.98 Å². The Hall–Kier alpha value is -2.20. The number of aromatic nitrogens is 2. The zero-order chi connectivity index (χ0) is 23.9. The van der Waals surface area contributed by atoms with Crippen LogP contribution in [-0.2, 0) is 4.79 Å². The molecular weight excluding hydrogens is 470 g/mol. The number of thiazole rings is 1. The molecular formula is C25H31N3O4S2. The first-order chi connectivity index (χ1) is 16.5.